The summed E-state index contributed by atoms with van der Waals surface area (Å²) in [5.74, 6) is -2.87. The topological polar surface area (TPSA) is 194 Å². The number of piperidine rings is 1. The first-order chi connectivity index (χ1) is 30.5. The Morgan fingerprint density at radius 2 is 1.90 bits per heavy atom. The number of aryl methyl sites for hydroxylation is 1. The molecular weight excluding hydrogens is 809 g/mol. The molecule has 2 aromatic carbocycles. The molecule has 0 aromatic heterocycles. The van der Waals surface area contributed by atoms with E-state index in [1.54, 1.807) is 14.0 Å². The van der Waals surface area contributed by atoms with Crippen LogP contribution in [0.15, 0.2) is 34.0 Å². The number of rotatable bonds is 13. The van der Waals surface area contributed by atoms with Crippen LogP contribution in [0.1, 0.15) is 99.5 Å². The molecule has 1 aliphatic carbocycles. The maximum absolute atomic E-state index is 14.5. The highest BCUT2D eigenvalue weighted by Gasteiger charge is 2.50. The summed E-state index contributed by atoms with van der Waals surface area (Å²) in [6.45, 7) is 7.34. The highest BCUT2D eigenvalue weighted by atomic mass is 16.6. The predicted molar refractivity (Wildman–Crippen MR) is 232 cm³/mol. The average molecular weight is 871 g/mol. The van der Waals surface area contributed by atoms with Crippen LogP contribution < -0.4 is 24.8 Å². The first kappa shape index (κ1) is 45.1. The van der Waals surface area contributed by atoms with Crippen molar-refractivity contribution in [2.75, 3.05) is 59.8 Å². The number of hydrogen-bond acceptors (Lipinski definition) is 14. The zero-order valence-electron chi connectivity index (χ0n) is 37.0. The zero-order valence-corrected chi connectivity index (χ0v) is 37.0. The lowest BCUT2D eigenvalue weighted by Crippen LogP contribution is -2.54. The van der Waals surface area contributed by atoms with Crippen LogP contribution in [0.25, 0.3) is 11.6 Å². The van der Waals surface area contributed by atoms with Crippen LogP contribution in [0.2, 0.25) is 0 Å². The van der Waals surface area contributed by atoms with Gasteiger partial charge in [-0.15, -0.1) is 0 Å². The molecule has 2 bridgehead atoms. The molecule has 0 radical (unpaired) electrons. The van der Waals surface area contributed by atoms with Crippen LogP contribution in [0.5, 0.6) is 17.2 Å². The summed E-state index contributed by atoms with van der Waals surface area (Å²) in [6.07, 6.45) is 6.59. The average Bonchev–Trinajstić information content (AvgIpc) is 3.96. The smallest absolute Gasteiger partial charge is 0.375 e. The van der Waals surface area contributed by atoms with Crippen LogP contribution in [-0.2, 0) is 43.3 Å². The van der Waals surface area contributed by atoms with Crippen molar-refractivity contribution in [2.24, 2.45) is 22.7 Å². The fourth-order valence-electron chi connectivity index (χ4n) is 11.0. The molecule has 2 fully saturated rings. The Hall–Kier alpha value is -4.44. The lowest BCUT2D eigenvalue weighted by Gasteiger charge is -2.46. The van der Waals surface area contributed by atoms with Gasteiger partial charge in [0.15, 0.2) is 6.29 Å². The monoisotopic (exact) mass is 870 g/mol. The van der Waals surface area contributed by atoms with Crippen LogP contribution in [0.4, 0.5) is 0 Å². The van der Waals surface area contributed by atoms with Crippen molar-refractivity contribution >= 4 is 29.7 Å². The third kappa shape index (κ3) is 8.27. The standard InChI is InChI=1S/C49H62N2O12/c1-5-33-20-32(11-14-51(33)13-7-15-59-4)49(3,58)40-21-36-44(62-40)38(25-55)46-42-41(37(24-54)47(63-46)48(57)60-6-2)30-16-31(23-53)43(56)35(18-30)34-17-29-10-12-50-39(29)19-28(34)9-8-27(22-52)26-61-45(36)42/h10,17,19,24,27,31-33,35,40,52-53,55,58H,5-9,11-16,18,20-23,25-26H2,1-4H3. The molecule has 1 saturated carbocycles. The Morgan fingerprint density at radius 3 is 2.62 bits per heavy atom. The number of esters is 1. The Kier molecular flexibility index (Phi) is 13.6. The Bertz CT molecular complexity index is 2320. The van der Waals surface area contributed by atoms with Gasteiger partial charge in [-0.3, -0.25) is 14.6 Å². The molecule has 340 valence electrons. The van der Waals surface area contributed by atoms with Crippen molar-refractivity contribution < 1.29 is 58.5 Å². The summed E-state index contributed by atoms with van der Waals surface area (Å²) in [5.41, 5.74) is 2.29. The number of Topliss-reactive ketones (excluding diaryl/α,β-unsaturated/α-hetero) is 1. The van der Waals surface area contributed by atoms with Gasteiger partial charge in [0.1, 0.15) is 34.7 Å². The highest BCUT2D eigenvalue weighted by molar-refractivity contribution is 6.11. The summed E-state index contributed by atoms with van der Waals surface area (Å²) in [5, 5.41) is 47.3. The van der Waals surface area contributed by atoms with E-state index in [1.165, 1.54) is 0 Å². The zero-order chi connectivity index (χ0) is 44.6. The van der Waals surface area contributed by atoms with Gasteiger partial charge in [0, 0.05) is 68.2 Å². The number of hydrogen-bond donors (Lipinski definition) is 4. The molecule has 7 atom stereocenters. The minimum absolute atomic E-state index is 0.0110. The lowest BCUT2D eigenvalue weighted by atomic mass is 9.70. The Balaban J connectivity index is 1.31. The molecule has 14 nitrogen and oxygen atoms in total. The van der Waals surface area contributed by atoms with Gasteiger partial charge >= 0.3 is 5.97 Å². The maximum Gasteiger partial charge on any atom is 0.375 e. The van der Waals surface area contributed by atoms with E-state index >= 15 is 0 Å². The summed E-state index contributed by atoms with van der Waals surface area (Å²) < 4.78 is 30.9. The van der Waals surface area contributed by atoms with Gasteiger partial charge in [0.25, 0.3) is 0 Å². The summed E-state index contributed by atoms with van der Waals surface area (Å²) >= 11 is 0. The molecule has 0 amide bonds. The second kappa shape index (κ2) is 19.0. The van der Waals surface area contributed by atoms with E-state index in [2.05, 4.69) is 16.8 Å². The number of benzene rings is 2. The fraction of sp³-hybridized carbons (Fsp3) is 0.592. The summed E-state index contributed by atoms with van der Waals surface area (Å²) in [4.78, 5) is 48.9. The van der Waals surface area contributed by atoms with Gasteiger partial charge in [0.05, 0.1) is 55.0 Å². The number of methoxy groups -OCH3 is 1. The van der Waals surface area contributed by atoms with Crippen LogP contribution >= 0.6 is 0 Å². The number of carbonyl (C=O) groups excluding carboxylic acids is 3. The van der Waals surface area contributed by atoms with Crippen molar-refractivity contribution in [1.29, 1.82) is 0 Å². The number of fused-ring (bicyclic) bond motifs is 7. The molecular formula is C49H62N2O12. The number of aliphatic hydroxyl groups is 4. The van der Waals surface area contributed by atoms with Gasteiger partial charge < -0.3 is 49.0 Å². The van der Waals surface area contributed by atoms with E-state index in [4.69, 9.17) is 23.7 Å². The molecule has 5 heterocycles. The van der Waals surface area contributed by atoms with Crippen molar-refractivity contribution in [3.63, 3.8) is 0 Å². The number of aliphatic hydroxyl groups excluding tert-OH is 3. The highest BCUT2D eigenvalue weighted by Crippen LogP contribution is 2.57. The van der Waals surface area contributed by atoms with Gasteiger partial charge in [-0.2, -0.15) is 0 Å². The second-order valence-electron chi connectivity index (χ2n) is 18.1. The molecule has 7 unspecified atom stereocenters. The Labute approximate surface area is 368 Å². The van der Waals surface area contributed by atoms with Gasteiger partial charge in [0.2, 0.25) is 5.76 Å². The molecule has 14 heteroatoms. The molecule has 6 aliphatic rings. The Morgan fingerprint density at radius 1 is 1.08 bits per heavy atom. The number of carbonyl (C=O) groups is 3. The van der Waals surface area contributed by atoms with Crippen LogP contribution in [0.3, 0.4) is 0 Å². The first-order valence-electron chi connectivity index (χ1n) is 22.8. The number of ketones is 1. The fourth-order valence-corrected chi connectivity index (χ4v) is 11.0. The van der Waals surface area contributed by atoms with Crippen LogP contribution in [0, 0.1) is 17.8 Å². The third-order valence-corrected chi connectivity index (χ3v) is 14.5. The lowest BCUT2D eigenvalue weighted by molar-refractivity contribution is -0.141. The van der Waals surface area contributed by atoms with E-state index < -0.39 is 42.7 Å². The molecule has 0 spiro atoms. The predicted octanol–water partition coefficient (Wildman–Crippen LogP) is 3.03. The number of aldehydes is 1. The van der Waals surface area contributed by atoms with Gasteiger partial charge in [-0.25, -0.2) is 4.79 Å². The number of nitrogens with zero attached hydrogens (tertiary/aromatic N) is 2. The summed E-state index contributed by atoms with van der Waals surface area (Å²) in [7, 11) is 1.71. The van der Waals surface area contributed by atoms with Gasteiger partial charge in [-0.1, -0.05) is 18.6 Å². The normalized spacial score (nSPS) is 26.4. The van der Waals surface area contributed by atoms with Gasteiger partial charge in [-0.05, 0) is 106 Å². The van der Waals surface area contributed by atoms with E-state index in [0.29, 0.717) is 54.6 Å². The number of ether oxygens (including phenoxy) is 5. The largest absolute Gasteiger partial charge is 0.492 e. The third-order valence-electron chi connectivity index (χ3n) is 14.5. The molecule has 8 rings (SSSR count). The minimum atomic E-state index is -1.33. The maximum atomic E-state index is 14.5. The quantitative estimate of drug-likeness (QED) is 0.131. The molecule has 63 heavy (non-hydrogen) atoms. The molecule has 4 N–H and O–H groups in total. The van der Waals surface area contributed by atoms with Crippen LogP contribution in [-0.4, -0.2) is 121 Å². The molecule has 2 aromatic rings. The molecule has 1 saturated heterocycles. The second-order valence-corrected chi connectivity index (χ2v) is 18.1. The van der Waals surface area contributed by atoms with E-state index in [-0.39, 0.29) is 96.9 Å². The molecule has 5 aliphatic heterocycles. The van der Waals surface area contributed by atoms with Crippen molar-refractivity contribution in [3.05, 3.63) is 67.4 Å². The summed E-state index contributed by atoms with van der Waals surface area (Å²) in [6, 6.07) is 4.28. The first-order valence-corrected chi connectivity index (χ1v) is 22.8. The van der Waals surface area contributed by atoms with E-state index in [9.17, 15) is 34.8 Å². The van der Waals surface area contributed by atoms with Crippen molar-refractivity contribution in [2.45, 2.75) is 109 Å². The van der Waals surface area contributed by atoms with Crippen molar-refractivity contribution in [3.8, 4) is 17.2 Å². The van der Waals surface area contributed by atoms with Crippen molar-refractivity contribution in [1.82, 2.24) is 4.90 Å². The number of likely N-dealkylation sites (tertiary alicyclic amines) is 1. The minimum Gasteiger partial charge on any atom is -0.492 e. The number of allylic oxidation sites excluding steroid dienone is 3. The van der Waals surface area contributed by atoms with E-state index in [1.807, 2.05) is 25.1 Å². The van der Waals surface area contributed by atoms with E-state index in [0.717, 1.165) is 60.5 Å². The SMILES string of the molecule is CCOC(=O)C1=C(C=O)C2=C3CC(CO)C(=O)C(C3)c3cc4c(cc3CCC(CO)COc3c5c(c(CO)c(c32)O1)OC(C(C)(O)C1CCN(CCCOC)C(CC)C1)C5)=NCC=4.